The Morgan fingerprint density at radius 2 is 1.88 bits per heavy atom. The lowest BCUT2D eigenvalue weighted by molar-refractivity contribution is -0.141. The van der Waals surface area contributed by atoms with E-state index < -0.39 is 18.1 Å². The van der Waals surface area contributed by atoms with E-state index in [1.54, 1.807) is 4.90 Å². The molecule has 7 heteroatoms. The predicted molar refractivity (Wildman–Crippen MR) is 86.0 cm³/mol. The van der Waals surface area contributed by atoms with Crippen molar-refractivity contribution >= 4 is 23.7 Å². The van der Waals surface area contributed by atoms with Crippen LogP contribution in [0.1, 0.15) is 24.8 Å². The number of hydrogen-bond donors (Lipinski definition) is 2. The SMILES string of the molecule is O=C(O)C1CC(Cc2ccc(N3CCCC3=O)cc2)CN1C(=O)O. The number of hydrogen-bond acceptors (Lipinski definition) is 3. The molecule has 0 spiro atoms. The summed E-state index contributed by atoms with van der Waals surface area (Å²) < 4.78 is 0. The number of amides is 2. The third-order valence-electron chi connectivity index (χ3n) is 4.76. The third kappa shape index (κ3) is 3.20. The van der Waals surface area contributed by atoms with Crippen molar-refractivity contribution in [2.24, 2.45) is 5.92 Å². The molecule has 24 heavy (non-hydrogen) atoms. The summed E-state index contributed by atoms with van der Waals surface area (Å²) in [5.74, 6) is -0.968. The second-order valence-corrected chi connectivity index (χ2v) is 6.41. The van der Waals surface area contributed by atoms with Gasteiger partial charge in [0.05, 0.1) is 0 Å². The Hall–Kier alpha value is -2.57. The van der Waals surface area contributed by atoms with Crippen LogP contribution in [0.15, 0.2) is 24.3 Å². The summed E-state index contributed by atoms with van der Waals surface area (Å²) in [6.45, 7) is 0.979. The van der Waals surface area contributed by atoms with Crippen molar-refractivity contribution in [3.8, 4) is 0 Å². The van der Waals surface area contributed by atoms with Crippen molar-refractivity contribution in [3.63, 3.8) is 0 Å². The zero-order valence-corrected chi connectivity index (χ0v) is 13.2. The lowest BCUT2D eigenvalue weighted by atomic mass is 9.96. The fourth-order valence-corrected chi connectivity index (χ4v) is 3.58. The number of carbonyl (C=O) groups excluding carboxylic acids is 1. The average Bonchev–Trinajstić information content (AvgIpc) is 3.15. The van der Waals surface area contributed by atoms with Crippen molar-refractivity contribution in [1.29, 1.82) is 0 Å². The van der Waals surface area contributed by atoms with Crippen LogP contribution in [0.25, 0.3) is 0 Å². The zero-order chi connectivity index (χ0) is 17.3. The van der Waals surface area contributed by atoms with Crippen molar-refractivity contribution < 1.29 is 24.6 Å². The summed E-state index contributed by atoms with van der Waals surface area (Å²) in [7, 11) is 0. The number of nitrogens with zero attached hydrogens (tertiary/aromatic N) is 2. The lowest BCUT2D eigenvalue weighted by Crippen LogP contribution is -2.39. The van der Waals surface area contributed by atoms with Crippen LogP contribution >= 0.6 is 0 Å². The van der Waals surface area contributed by atoms with E-state index >= 15 is 0 Å². The first-order valence-corrected chi connectivity index (χ1v) is 8.07. The van der Waals surface area contributed by atoms with Gasteiger partial charge < -0.3 is 15.1 Å². The van der Waals surface area contributed by atoms with Crippen LogP contribution in [0.2, 0.25) is 0 Å². The van der Waals surface area contributed by atoms with Crippen LogP contribution in [0.5, 0.6) is 0 Å². The van der Waals surface area contributed by atoms with E-state index in [0.717, 1.165) is 29.1 Å². The normalized spacial score (nSPS) is 23.8. The molecule has 0 aliphatic carbocycles. The monoisotopic (exact) mass is 332 g/mol. The Balaban J connectivity index is 1.65. The molecule has 1 aromatic carbocycles. The molecule has 2 N–H and O–H groups in total. The number of anilines is 1. The highest BCUT2D eigenvalue weighted by Gasteiger charge is 2.39. The molecule has 2 saturated heterocycles. The molecule has 3 rings (SSSR count). The first-order chi connectivity index (χ1) is 11.5. The van der Waals surface area contributed by atoms with Gasteiger partial charge in [0, 0.05) is 25.2 Å². The van der Waals surface area contributed by atoms with Gasteiger partial charge in [0.2, 0.25) is 5.91 Å². The number of benzene rings is 1. The van der Waals surface area contributed by atoms with Crippen LogP contribution in [-0.4, -0.2) is 52.2 Å². The van der Waals surface area contributed by atoms with Gasteiger partial charge in [0.25, 0.3) is 0 Å². The summed E-state index contributed by atoms with van der Waals surface area (Å²) in [6.07, 6.45) is 1.23. The molecule has 0 aromatic heterocycles. The van der Waals surface area contributed by atoms with Gasteiger partial charge in [-0.3, -0.25) is 9.69 Å². The maximum absolute atomic E-state index is 11.7. The average molecular weight is 332 g/mol. The van der Waals surface area contributed by atoms with Gasteiger partial charge in [0.15, 0.2) is 0 Å². The second-order valence-electron chi connectivity index (χ2n) is 6.41. The van der Waals surface area contributed by atoms with E-state index in [1.807, 2.05) is 24.3 Å². The highest BCUT2D eigenvalue weighted by molar-refractivity contribution is 5.95. The zero-order valence-electron chi connectivity index (χ0n) is 13.2. The lowest BCUT2D eigenvalue weighted by Gasteiger charge is -2.17. The number of carboxylic acids is 1. The topological polar surface area (TPSA) is 98.2 Å². The Morgan fingerprint density at radius 1 is 1.17 bits per heavy atom. The minimum Gasteiger partial charge on any atom is -0.480 e. The van der Waals surface area contributed by atoms with Crippen molar-refractivity contribution in [1.82, 2.24) is 4.90 Å². The summed E-state index contributed by atoms with van der Waals surface area (Å²) >= 11 is 0. The fourth-order valence-electron chi connectivity index (χ4n) is 3.58. The first-order valence-electron chi connectivity index (χ1n) is 8.07. The molecule has 2 aliphatic heterocycles. The van der Waals surface area contributed by atoms with Gasteiger partial charge in [-0.15, -0.1) is 0 Å². The predicted octanol–water partition coefficient (Wildman–Crippen LogP) is 1.81. The quantitative estimate of drug-likeness (QED) is 0.876. The largest absolute Gasteiger partial charge is 0.480 e. The number of carboxylic acid groups (broad SMARTS) is 2. The number of rotatable bonds is 4. The molecular weight excluding hydrogens is 312 g/mol. The van der Waals surface area contributed by atoms with E-state index in [4.69, 9.17) is 10.2 Å². The highest BCUT2D eigenvalue weighted by Crippen LogP contribution is 2.28. The number of likely N-dealkylation sites (tertiary alicyclic amines) is 1. The van der Waals surface area contributed by atoms with Gasteiger partial charge in [-0.05, 0) is 42.9 Å². The molecule has 2 heterocycles. The van der Waals surface area contributed by atoms with Crippen LogP contribution < -0.4 is 4.90 Å². The number of aliphatic carboxylic acids is 1. The highest BCUT2D eigenvalue weighted by atomic mass is 16.4. The smallest absolute Gasteiger partial charge is 0.408 e. The van der Waals surface area contributed by atoms with Crippen LogP contribution in [0.4, 0.5) is 10.5 Å². The molecule has 0 saturated carbocycles. The van der Waals surface area contributed by atoms with Gasteiger partial charge in [-0.1, -0.05) is 12.1 Å². The van der Waals surface area contributed by atoms with Gasteiger partial charge in [-0.25, -0.2) is 9.59 Å². The summed E-state index contributed by atoms with van der Waals surface area (Å²) in [5.41, 5.74) is 1.90. The molecule has 2 fully saturated rings. The number of carbonyl (C=O) groups is 3. The Kier molecular flexibility index (Phi) is 4.42. The van der Waals surface area contributed by atoms with Crippen molar-refractivity contribution in [2.45, 2.75) is 31.7 Å². The molecule has 128 valence electrons. The molecule has 0 bridgehead atoms. The molecule has 2 atom stereocenters. The Labute approximate surface area is 139 Å². The standard InChI is InChI=1S/C17H20N2O5/c20-15-2-1-7-18(15)13-5-3-11(4-6-13)8-12-9-14(16(21)22)19(10-12)17(23)24/h3-6,12,14H,1-2,7-10H2,(H,21,22)(H,23,24). The Morgan fingerprint density at radius 3 is 2.38 bits per heavy atom. The first kappa shape index (κ1) is 16.3. The molecule has 7 nitrogen and oxygen atoms in total. The molecule has 2 unspecified atom stereocenters. The van der Waals surface area contributed by atoms with Crippen molar-refractivity contribution in [2.75, 3.05) is 18.0 Å². The van der Waals surface area contributed by atoms with Crippen LogP contribution in [0, 0.1) is 5.92 Å². The third-order valence-corrected chi connectivity index (χ3v) is 4.76. The van der Waals surface area contributed by atoms with Gasteiger partial charge in [-0.2, -0.15) is 0 Å². The van der Waals surface area contributed by atoms with Crippen LogP contribution in [0.3, 0.4) is 0 Å². The minimum absolute atomic E-state index is 0.0125. The van der Waals surface area contributed by atoms with E-state index in [9.17, 15) is 14.4 Å². The Bertz CT molecular complexity index is 635. The van der Waals surface area contributed by atoms with E-state index in [2.05, 4.69) is 0 Å². The fraction of sp³-hybridized carbons (Fsp3) is 0.471. The summed E-state index contributed by atoms with van der Waals surface area (Å²) in [6, 6.07) is 6.70. The van der Waals surface area contributed by atoms with E-state index in [0.29, 0.717) is 19.3 Å². The maximum atomic E-state index is 11.7. The van der Waals surface area contributed by atoms with E-state index in [1.165, 1.54) is 0 Å². The molecule has 1 aromatic rings. The summed E-state index contributed by atoms with van der Waals surface area (Å²) in [4.78, 5) is 36.9. The molecular formula is C17H20N2O5. The van der Waals surface area contributed by atoms with Crippen molar-refractivity contribution in [3.05, 3.63) is 29.8 Å². The summed E-state index contributed by atoms with van der Waals surface area (Å²) in [5, 5.41) is 18.3. The van der Waals surface area contributed by atoms with Gasteiger partial charge >= 0.3 is 12.1 Å². The van der Waals surface area contributed by atoms with E-state index in [-0.39, 0.29) is 18.4 Å². The molecule has 0 radical (unpaired) electrons. The van der Waals surface area contributed by atoms with Gasteiger partial charge in [0.1, 0.15) is 6.04 Å². The molecule has 2 amide bonds. The maximum Gasteiger partial charge on any atom is 0.408 e. The molecule has 2 aliphatic rings. The second kappa shape index (κ2) is 6.51. The minimum atomic E-state index is -1.19. The van der Waals surface area contributed by atoms with Crippen LogP contribution in [-0.2, 0) is 16.0 Å².